The third kappa shape index (κ3) is 2.56. The SMILES string of the molecule is Cc1ccc(-c2csc(N3C(=O)CC4CS(=O)(=O)CC43)n2)cc1C. The second-order valence-electron chi connectivity index (χ2n) is 6.69. The van der Waals surface area contributed by atoms with Gasteiger partial charge in [-0.25, -0.2) is 13.4 Å². The number of aryl methyl sites for hydroxylation is 2. The average molecular weight is 362 g/mol. The first-order valence-electron chi connectivity index (χ1n) is 7.90. The highest BCUT2D eigenvalue weighted by Gasteiger charge is 2.50. The molecule has 4 rings (SSSR count). The molecule has 0 spiro atoms. The summed E-state index contributed by atoms with van der Waals surface area (Å²) in [5, 5.41) is 2.54. The third-order valence-corrected chi connectivity index (χ3v) is 7.60. The monoisotopic (exact) mass is 362 g/mol. The van der Waals surface area contributed by atoms with Crippen molar-refractivity contribution in [3.8, 4) is 11.3 Å². The van der Waals surface area contributed by atoms with E-state index in [-0.39, 0.29) is 29.4 Å². The van der Waals surface area contributed by atoms with Crippen LogP contribution in [0.3, 0.4) is 0 Å². The number of hydrogen-bond acceptors (Lipinski definition) is 5. The molecule has 2 aromatic rings. The molecule has 2 aliphatic rings. The summed E-state index contributed by atoms with van der Waals surface area (Å²) in [6.07, 6.45) is 0.308. The van der Waals surface area contributed by atoms with Gasteiger partial charge >= 0.3 is 0 Å². The van der Waals surface area contributed by atoms with Crippen molar-refractivity contribution in [2.45, 2.75) is 26.3 Å². The number of rotatable bonds is 2. The second kappa shape index (κ2) is 5.39. The summed E-state index contributed by atoms with van der Waals surface area (Å²) in [7, 11) is -3.04. The second-order valence-corrected chi connectivity index (χ2v) is 9.68. The highest BCUT2D eigenvalue weighted by Crippen LogP contribution is 2.39. The number of benzene rings is 1. The molecule has 24 heavy (non-hydrogen) atoms. The quantitative estimate of drug-likeness (QED) is 0.823. The van der Waals surface area contributed by atoms with Gasteiger partial charge in [-0.2, -0.15) is 0 Å². The Kier molecular flexibility index (Phi) is 3.54. The van der Waals surface area contributed by atoms with Gasteiger partial charge in [-0.15, -0.1) is 11.3 Å². The Morgan fingerprint density at radius 3 is 2.75 bits per heavy atom. The lowest BCUT2D eigenvalue weighted by atomic mass is 10.1. The molecular weight excluding hydrogens is 344 g/mol. The van der Waals surface area contributed by atoms with Gasteiger partial charge in [-0.05, 0) is 31.0 Å². The van der Waals surface area contributed by atoms with Crippen LogP contribution in [0.15, 0.2) is 23.6 Å². The molecule has 0 aliphatic carbocycles. The minimum Gasteiger partial charge on any atom is -0.284 e. The maximum atomic E-state index is 12.3. The first-order valence-corrected chi connectivity index (χ1v) is 10.6. The predicted molar refractivity (Wildman–Crippen MR) is 95.1 cm³/mol. The van der Waals surface area contributed by atoms with Gasteiger partial charge in [0.05, 0.1) is 23.2 Å². The molecule has 1 aromatic heterocycles. The summed E-state index contributed by atoms with van der Waals surface area (Å²) in [5.41, 5.74) is 4.27. The molecule has 2 fully saturated rings. The summed E-state index contributed by atoms with van der Waals surface area (Å²) in [6.45, 7) is 4.12. The van der Waals surface area contributed by atoms with E-state index in [0.29, 0.717) is 11.6 Å². The van der Waals surface area contributed by atoms with E-state index in [1.807, 2.05) is 11.4 Å². The Morgan fingerprint density at radius 2 is 2.00 bits per heavy atom. The van der Waals surface area contributed by atoms with E-state index < -0.39 is 9.84 Å². The zero-order valence-corrected chi connectivity index (χ0v) is 15.2. The van der Waals surface area contributed by atoms with Crippen molar-refractivity contribution in [2.24, 2.45) is 5.92 Å². The van der Waals surface area contributed by atoms with E-state index in [4.69, 9.17) is 0 Å². The van der Waals surface area contributed by atoms with Crippen LogP contribution in [0.2, 0.25) is 0 Å². The van der Waals surface area contributed by atoms with E-state index in [0.717, 1.165) is 11.3 Å². The molecule has 0 bridgehead atoms. The molecule has 0 N–H and O–H groups in total. The molecule has 2 aliphatic heterocycles. The normalized spacial score (nSPS) is 25.2. The van der Waals surface area contributed by atoms with Gasteiger partial charge in [0.25, 0.3) is 0 Å². The van der Waals surface area contributed by atoms with Crippen molar-refractivity contribution >= 4 is 32.2 Å². The lowest BCUT2D eigenvalue weighted by molar-refractivity contribution is -0.117. The van der Waals surface area contributed by atoms with Crippen molar-refractivity contribution in [2.75, 3.05) is 16.4 Å². The van der Waals surface area contributed by atoms with Crippen LogP contribution in [0.4, 0.5) is 5.13 Å². The van der Waals surface area contributed by atoms with Gasteiger partial charge in [-0.3, -0.25) is 9.69 Å². The zero-order valence-electron chi connectivity index (χ0n) is 13.5. The fourth-order valence-corrected chi connectivity index (χ4v) is 6.52. The molecule has 2 unspecified atom stereocenters. The summed E-state index contributed by atoms with van der Waals surface area (Å²) in [4.78, 5) is 18.6. The minimum absolute atomic E-state index is 0.0131. The van der Waals surface area contributed by atoms with Crippen LogP contribution in [0.5, 0.6) is 0 Å². The fraction of sp³-hybridized carbons (Fsp3) is 0.412. The van der Waals surface area contributed by atoms with E-state index in [9.17, 15) is 13.2 Å². The predicted octanol–water partition coefficient (Wildman–Crippen LogP) is 2.58. The Balaban J connectivity index is 1.67. The van der Waals surface area contributed by atoms with Gasteiger partial charge < -0.3 is 0 Å². The van der Waals surface area contributed by atoms with Crippen LogP contribution in [-0.2, 0) is 14.6 Å². The van der Waals surface area contributed by atoms with E-state index >= 15 is 0 Å². The number of thiazole rings is 1. The number of aromatic nitrogens is 1. The molecule has 5 nitrogen and oxygen atoms in total. The van der Waals surface area contributed by atoms with Gasteiger partial charge in [0.15, 0.2) is 15.0 Å². The van der Waals surface area contributed by atoms with Crippen molar-refractivity contribution < 1.29 is 13.2 Å². The number of carbonyl (C=O) groups excluding carboxylic acids is 1. The Morgan fingerprint density at radius 1 is 1.21 bits per heavy atom. The van der Waals surface area contributed by atoms with Gasteiger partial charge in [0.2, 0.25) is 5.91 Å². The lowest BCUT2D eigenvalue weighted by Crippen LogP contribution is -2.36. The Bertz CT molecular complexity index is 933. The molecule has 0 saturated carbocycles. The molecule has 1 amide bonds. The van der Waals surface area contributed by atoms with Crippen LogP contribution >= 0.6 is 11.3 Å². The number of anilines is 1. The molecule has 2 saturated heterocycles. The number of carbonyl (C=O) groups is 1. The Labute approximate surface area is 145 Å². The standard InChI is InChI=1S/C17H18N2O3S2/c1-10-3-4-12(5-11(10)2)14-7-23-17(18-14)19-15-9-24(21,22)8-13(15)6-16(19)20/h3-5,7,13,15H,6,8-9H2,1-2H3. The summed E-state index contributed by atoms with van der Waals surface area (Å²) in [6, 6.07) is 5.92. The summed E-state index contributed by atoms with van der Waals surface area (Å²) < 4.78 is 23.7. The number of nitrogens with zero attached hydrogens (tertiary/aromatic N) is 2. The van der Waals surface area contributed by atoms with Gasteiger partial charge in [0.1, 0.15) is 0 Å². The van der Waals surface area contributed by atoms with Gasteiger partial charge in [-0.1, -0.05) is 12.1 Å². The fourth-order valence-electron chi connectivity index (χ4n) is 3.55. The molecule has 0 radical (unpaired) electrons. The van der Waals surface area contributed by atoms with Crippen LogP contribution in [-0.4, -0.2) is 36.9 Å². The first-order chi connectivity index (χ1) is 11.3. The Hall–Kier alpha value is -1.73. The van der Waals surface area contributed by atoms with Crippen molar-refractivity contribution in [3.05, 3.63) is 34.7 Å². The maximum absolute atomic E-state index is 12.3. The number of sulfone groups is 1. The molecule has 3 heterocycles. The first kappa shape index (κ1) is 15.8. The highest BCUT2D eigenvalue weighted by atomic mass is 32.2. The molecule has 7 heteroatoms. The van der Waals surface area contributed by atoms with Crippen LogP contribution < -0.4 is 4.90 Å². The molecule has 1 aromatic carbocycles. The third-order valence-electron chi connectivity index (χ3n) is 4.97. The van der Waals surface area contributed by atoms with Crippen LogP contribution in [0.25, 0.3) is 11.3 Å². The lowest BCUT2D eigenvalue weighted by Gasteiger charge is -2.19. The maximum Gasteiger partial charge on any atom is 0.229 e. The minimum atomic E-state index is -3.04. The van der Waals surface area contributed by atoms with Crippen molar-refractivity contribution in [3.63, 3.8) is 0 Å². The van der Waals surface area contributed by atoms with E-state index in [1.165, 1.54) is 22.5 Å². The summed E-state index contributed by atoms with van der Waals surface area (Å²) in [5.74, 6) is 0.0782. The largest absolute Gasteiger partial charge is 0.284 e. The smallest absolute Gasteiger partial charge is 0.229 e. The van der Waals surface area contributed by atoms with Crippen LogP contribution in [0, 0.1) is 19.8 Å². The topological polar surface area (TPSA) is 67.3 Å². The van der Waals surface area contributed by atoms with E-state index in [1.54, 1.807) is 4.90 Å². The number of amides is 1. The summed E-state index contributed by atoms with van der Waals surface area (Å²) >= 11 is 1.40. The number of fused-ring (bicyclic) bond motifs is 1. The van der Waals surface area contributed by atoms with Gasteiger partial charge in [0, 0.05) is 23.3 Å². The van der Waals surface area contributed by atoms with Crippen LogP contribution in [0.1, 0.15) is 17.5 Å². The molecular formula is C17H18N2O3S2. The van der Waals surface area contributed by atoms with E-state index in [2.05, 4.69) is 31.0 Å². The molecule has 126 valence electrons. The number of hydrogen-bond donors (Lipinski definition) is 0. The highest BCUT2D eigenvalue weighted by molar-refractivity contribution is 7.91. The van der Waals surface area contributed by atoms with Crippen molar-refractivity contribution in [1.29, 1.82) is 0 Å². The van der Waals surface area contributed by atoms with Crippen molar-refractivity contribution in [1.82, 2.24) is 4.98 Å². The zero-order chi connectivity index (χ0) is 17.1. The average Bonchev–Trinajstić information content (AvgIpc) is 3.14. The molecule has 2 atom stereocenters.